The summed E-state index contributed by atoms with van der Waals surface area (Å²) < 4.78 is 5.36. The van der Waals surface area contributed by atoms with Crippen LogP contribution in [0.1, 0.15) is 20.8 Å². The van der Waals surface area contributed by atoms with Crippen LogP contribution in [0, 0.1) is 5.41 Å². The number of urea groups is 1. The Morgan fingerprint density at radius 3 is 2.67 bits per heavy atom. The number of benzene rings is 1. The third kappa shape index (κ3) is 5.27. The number of carbonyl (C=O) groups excluding carboxylic acids is 1. The summed E-state index contributed by atoms with van der Waals surface area (Å²) in [5.74, 6) is 0. The molecule has 2 amide bonds. The van der Waals surface area contributed by atoms with Crippen LogP contribution in [0.3, 0.4) is 0 Å². The number of nitrogens with one attached hydrogen (secondary N) is 2. The molecule has 0 saturated carbocycles. The van der Waals surface area contributed by atoms with E-state index in [4.69, 9.17) is 4.74 Å². The molecule has 1 aliphatic heterocycles. The second-order valence-corrected chi connectivity index (χ2v) is 6.52. The molecule has 5 nitrogen and oxygen atoms in total. The van der Waals surface area contributed by atoms with Gasteiger partial charge >= 0.3 is 6.03 Å². The lowest BCUT2D eigenvalue weighted by atomic mass is 9.97. The highest BCUT2D eigenvalue weighted by Gasteiger charge is 2.13. The molecule has 0 radical (unpaired) electrons. The van der Waals surface area contributed by atoms with Crippen LogP contribution in [0.5, 0.6) is 0 Å². The zero-order valence-electron chi connectivity index (χ0n) is 13.1. The first-order chi connectivity index (χ1) is 9.94. The largest absolute Gasteiger partial charge is 0.378 e. The predicted octanol–water partition coefficient (Wildman–Crippen LogP) is 2.69. The van der Waals surface area contributed by atoms with Gasteiger partial charge in [0.1, 0.15) is 0 Å². The fraction of sp³-hybridized carbons (Fsp3) is 0.562. The number of anilines is 2. The molecule has 2 rings (SSSR count). The highest BCUT2D eigenvalue weighted by molar-refractivity contribution is 5.89. The Labute approximate surface area is 126 Å². The molecule has 0 unspecified atom stereocenters. The quantitative estimate of drug-likeness (QED) is 0.900. The van der Waals surface area contributed by atoms with Crippen LogP contribution in [0.25, 0.3) is 0 Å². The van der Waals surface area contributed by atoms with Crippen molar-refractivity contribution in [3.63, 3.8) is 0 Å². The highest BCUT2D eigenvalue weighted by Crippen LogP contribution is 2.20. The lowest BCUT2D eigenvalue weighted by molar-refractivity contribution is 0.122. The molecule has 2 N–H and O–H groups in total. The SMILES string of the molecule is CC(C)(C)CNC(=O)Nc1cccc(N2CCOCC2)c1. The maximum absolute atomic E-state index is 11.9. The smallest absolute Gasteiger partial charge is 0.319 e. The van der Waals surface area contributed by atoms with Crippen molar-refractivity contribution in [2.24, 2.45) is 5.41 Å². The Bertz CT molecular complexity index is 477. The third-order valence-corrected chi connectivity index (χ3v) is 3.26. The monoisotopic (exact) mass is 291 g/mol. The normalized spacial score (nSPS) is 15.7. The van der Waals surface area contributed by atoms with Gasteiger partial charge in [0, 0.05) is 31.0 Å². The van der Waals surface area contributed by atoms with Crippen molar-refractivity contribution in [1.29, 1.82) is 0 Å². The van der Waals surface area contributed by atoms with Gasteiger partial charge < -0.3 is 20.3 Å². The molecule has 1 saturated heterocycles. The van der Waals surface area contributed by atoms with Gasteiger partial charge in [0.25, 0.3) is 0 Å². The maximum atomic E-state index is 11.9. The number of ether oxygens (including phenoxy) is 1. The average Bonchev–Trinajstić information content (AvgIpc) is 2.46. The predicted molar refractivity (Wildman–Crippen MR) is 86.0 cm³/mol. The number of amides is 2. The second kappa shape index (κ2) is 6.80. The maximum Gasteiger partial charge on any atom is 0.319 e. The summed E-state index contributed by atoms with van der Waals surface area (Å²) >= 11 is 0. The van der Waals surface area contributed by atoms with E-state index >= 15 is 0 Å². The topological polar surface area (TPSA) is 53.6 Å². The minimum atomic E-state index is -0.163. The van der Waals surface area contributed by atoms with Gasteiger partial charge in [-0.3, -0.25) is 0 Å². The highest BCUT2D eigenvalue weighted by atomic mass is 16.5. The van der Waals surface area contributed by atoms with Gasteiger partial charge in [-0.15, -0.1) is 0 Å². The van der Waals surface area contributed by atoms with Crippen LogP contribution in [-0.4, -0.2) is 38.9 Å². The first-order valence-corrected chi connectivity index (χ1v) is 7.42. The molecule has 0 aromatic heterocycles. The van der Waals surface area contributed by atoms with Crippen molar-refractivity contribution in [2.45, 2.75) is 20.8 Å². The number of rotatable bonds is 3. The minimum Gasteiger partial charge on any atom is -0.378 e. The van der Waals surface area contributed by atoms with E-state index in [0.29, 0.717) is 6.54 Å². The van der Waals surface area contributed by atoms with Crippen LogP contribution >= 0.6 is 0 Å². The van der Waals surface area contributed by atoms with E-state index < -0.39 is 0 Å². The standard InChI is InChI=1S/C16H25N3O2/c1-16(2,3)12-17-15(20)18-13-5-4-6-14(11-13)19-7-9-21-10-8-19/h4-6,11H,7-10,12H2,1-3H3,(H2,17,18,20). The van der Waals surface area contributed by atoms with Crippen molar-refractivity contribution in [2.75, 3.05) is 43.1 Å². The first-order valence-electron chi connectivity index (χ1n) is 7.42. The van der Waals surface area contributed by atoms with Gasteiger partial charge in [-0.25, -0.2) is 4.79 Å². The van der Waals surface area contributed by atoms with Crippen LogP contribution in [0.4, 0.5) is 16.2 Å². The van der Waals surface area contributed by atoms with Crippen LogP contribution < -0.4 is 15.5 Å². The van der Waals surface area contributed by atoms with Gasteiger partial charge in [0.15, 0.2) is 0 Å². The Morgan fingerprint density at radius 2 is 2.00 bits per heavy atom. The van der Waals surface area contributed by atoms with Gasteiger partial charge in [-0.1, -0.05) is 26.8 Å². The van der Waals surface area contributed by atoms with E-state index in [1.807, 2.05) is 18.2 Å². The molecular formula is C16H25N3O2. The molecule has 0 aliphatic carbocycles. The molecule has 21 heavy (non-hydrogen) atoms. The minimum absolute atomic E-state index is 0.0764. The fourth-order valence-electron chi connectivity index (χ4n) is 2.12. The Morgan fingerprint density at radius 1 is 1.29 bits per heavy atom. The number of nitrogens with zero attached hydrogens (tertiary/aromatic N) is 1. The average molecular weight is 291 g/mol. The molecule has 116 valence electrons. The van der Waals surface area contributed by atoms with E-state index in [0.717, 1.165) is 37.7 Å². The summed E-state index contributed by atoms with van der Waals surface area (Å²) in [6.45, 7) is 10.2. The number of morpholine rings is 1. The molecule has 0 spiro atoms. The number of carbonyl (C=O) groups is 1. The van der Waals surface area contributed by atoms with Crippen molar-refractivity contribution in [3.8, 4) is 0 Å². The van der Waals surface area contributed by atoms with E-state index in [1.54, 1.807) is 0 Å². The molecule has 1 aromatic carbocycles. The van der Waals surface area contributed by atoms with E-state index in [-0.39, 0.29) is 11.4 Å². The molecule has 1 aromatic rings. The van der Waals surface area contributed by atoms with Crippen molar-refractivity contribution in [3.05, 3.63) is 24.3 Å². The zero-order valence-corrected chi connectivity index (χ0v) is 13.1. The fourth-order valence-corrected chi connectivity index (χ4v) is 2.12. The van der Waals surface area contributed by atoms with Gasteiger partial charge in [-0.2, -0.15) is 0 Å². The summed E-state index contributed by atoms with van der Waals surface area (Å²) in [5.41, 5.74) is 2.00. The van der Waals surface area contributed by atoms with E-state index in [9.17, 15) is 4.79 Å². The first kappa shape index (κ1) is 15.6. The van der Waals surface area contributed by atoms with E-state index in [2.05, 4.69) is 42.4 Å². The van der Waals surface area contributed by atoms with Crippen LogP contribution in [0.2, 0.25) is 0 Å². The summed E-state index contributed by atoms with van der Waals surface area (Å²) in [4.78, 5) is 14.2. The van der Waals surface area contributed by atoms with E-state index in [1.165, 1.54) is 0 Å². The summed E-state index contributed by atoms with van der Waals surface area (Å²) in [5, 5.41) is 5.77. The summed E-state index contributed by atoms with van der Waals surface area (Å²) in [6, 6.07) is 7.76. The second-order valence-electron chi connectivity index (χ2n) is 6.52. The van der Waals surface area contributed by atoms with Gasteiger partial charge in [-0.05, 0) is 23.6 Å². The third-order valence-electron chi connectivity index (χ3n) is 3.26. The molecule has 1 heterocycles. The molecular weight excluding hydrogens is 266 g/mol. The van der Waals surface area contributed by atoms with Crippen molar-refractivity contribution >= 4 is 17.4 Å². The van der Waals surface area contributed by atoms with Crippen LogP contribution in [0.15, 0.2) is 24.3 Å². The summed E-state index contributed by atoms with van der Waals surface area (Å²) in [7, 11) is 0. The van der Waals surface area contributed by atoms with Crippen LogP contribution in [-0.2, 0) is 4.74 Å². The Hall–Kier alpha value is -1.75. The molecule has 1 aliphatic rings. The van der Waals surface area contributed by atoms with Crippen molar-refractivity contribution < 1.29 is 9.53 Å². The summed E-state index contributed by atoms with van der Waals surface area (Å²) in [6.07, 6.45) is 0. The molecule has 0 bridgehead atoms. The molecule has 1 fully saturated rings. The van der Waals surface area contributed by atoms with Crippen molar-refractivity contribution in [1.82, 2.24) is 5.32 Å². The Kier molecular flexibility index (Phi) is 5.07. The number of hydrogen-bond acceptors (Lipinski definition) is 3. The Balaban J connectivity index is 1.92. The molecule has 0 atom stereocenters. The van der Waals surface area contributed by atoms with Gasteiger partial charge in [0.05, 0.1) is 13.2 Å². The zero-order chi connectivity index (χ0) is 15.3. The lowest BCUT2D eigenvalue weighted by Crippen LogP contribution is -2.36. The lowest BCUT2D eigenvalue weighted by Gasteiger charge is -2.29. The number of hydrogen-bond donors (Lipinski definition) is 2. The van der Waals surface area contributed by atoms with Gasteiger partial charge in [0.2, 0.25) is 0 Å². The molecule has 5 heteroatoms.